The highest BCUT2D eigenvalue weighted by atomic mass is 31.2. The van der Waals surface area contributed by atoms with Crippen LogP contribution in [-0.4, -0.2) is 60.1 Å². The number of fused-ring (bicyclic) bond motifs is 1. The van der Waals surface area contributed by atoms with E-state index in [9.17, 15) is 14.8 Å². The van der Waals surface area contributed by atoms with Gasteiger partial charge in [-0.05, 0) is 0 Å². The minimum atomic E-state index is -4.64. The topological polar surface area (TPSA) is 172 Å². The minimum absolute atomic E-state index is 0.125. The van der Waals surface area contributed by atoms with E-state index in [1.54, 1.807) is 0 Å². The van der Waals surface area contributed by atoms with Crippen molar-refractivity contribution in [2.45, 2.75) is 31.1 Å². The highest BCUT2D eigenvalue weighted by Gasteiger charge is 2.39. The van der Waals surface area contributed by atoms with Crippen molar-refractivity contribution >= 4 is 20.0 Å². The van der Waals surface area contributed by atoms with E-state index in [-0.39, 0.29) is 12.1 Å². The summed E-state index contributed by atoms with van der Waals surface area (Å²) in [6, 6.07) is 0. The molecule has 0 saturated carbocycles. The van der Waals surface area contributed by atoms with Crippen LogP contribution in [-0.2, 0) is 13.8 Å². The molecule has 2 aliphatic rings. The number of nitrogens with one attached hydrogen (secondary N) is 1. The number of nitrogens with zero attached hydrogens (tertiary/aromatic N) is 4. The standard InChI is InChI=1S/C9H14N5O7P/c15-4-1-6(21-5(4)2-20-22(17,18)19)14-8-7(12-13-14)9(16)11-3-10-8/h3-6,9,15-16H,1-2H2,(H,10,11)(H2,17,18,19)/t4-,5+,6+,9+/m0/s1. The highest BCUT2D eigenvalue weighted by Crippen LogP contribution is 2.39. The zero-order valence-electron chi connectivity index (χ0n) is 11.1. The third-order valence-corrected chi connectivity index (χ3v) is 3.75. The molecule has 0 amide bonds. The number of aliphatic hydroxyl groups excluding tert-OH is 2. The van der Waals surface area contributed by atoms with Crippen LogP contribution in [0.4, 0.5) is 5.82 Å². The molecule has 1 aromatic heterocycles. The Bertz CT molecular complexity index is 630. The number of ether oxygens (including phenoxy) is 1. The number of phosphoric acid groups is 1. The van der Waals surface area contributed by atoms with E-state index in [4.69, 9.17) is 14.5 Å². The second-order valence-electron chi connectivity index (χ2n) is 4.78. The summed E-state index contributed by atoms with van der Waals surface area (Å²) in [4.78, 5) is 21.1. The summed E-state index contributed by atoms with van der Waals surface area (Å²) in [5.74, 6) is 0.372. The van der Waals surface area contributed by atoms with Crippen molar-refractivity contribution in [2.75, 3.05) is 11.9 Å². The monoisotopic (exact) mass is 335 g/mol. The van der Waals surface area contributed by atoms with Gasteiger partial charge in [0, 0.05) is 6.42 Å². The third-order valence-electron chi connectivity index (χ3n) is 3.27. The van der Waals surface area contributed by atoms with Crippen LogP contribution in [0.2, 0.25) is 0 Å². The molecule has 0 bridgehead atoms. The average molecular weight is 335 g/mol. The number of anilines is 1. The van der Waals surface area contributed by atoms with Gasteiger partial charge < -0.3 is 30.1 Å². The molecule has 22 heavy (non-hydrogen) atoms. The minimum Gasteiger partial charge on any atom is -0.390 e. The quantitative estimate of drug-likeness (QED) is 0.407. The van der Waals surface area contributed by atoms with E-state index in [1.165, 1.54) is 11.0 Å². The molecular formula is C9H14N5O7P. The first kappa shape index (κ1) is 15.5. The third kappa shape index (κ3) is 3.03. The molecule has 1 aromatic rings. The van der Waals surface area contributed by atoms with Crippen LogP contribution < -0.4 is 5.32 Å². The Labute approximate surface area is 123 Å². The molecular weight excluding hydrogens is 321 g/mol. The van der Waals surface area contributed by atoms with Crippen molar-refractivity contribution in [1.82, 2.24) is 15.0 Å². The van der Waals surface area contributed by atoms with E-state index < -0.39 is 39.1 Å². The molecule has 0 unspecified atom stereocenters. The van der Waals surface area contributed by atoms with Gasteiger partial charge in [0.15, 0.2) is 24.0 Å². The molecule has 13 heteroatoms. The smallest absolute Gasteiger partial charge is 0.390 e. The van der Waals surface area contributed by atoms with Crippen molar-refractivity contribution in [3.05, 3.63) is 5.69 Å². The van der Waals surface area contributed by atoms with E-state index in [1.807, 2.05) is 0 Å². The number of aliphatic hydroxyl groups is 2. The van der Waals surface area contributed by atoms with E-state index in [2.05, 4.69) is 25.1 Å². The van der Waals surface area contributed by atoms with Crippen LogP contribution in [0.15, 0.2) is 4.99 Å². The molecule has 2 aliphatic heterocycles. The largest absolute Gasteiger partial charge is 0.469 e. The lowest BCUT2D eigenvalue weighted by molar-refractivity contribution is -0.0473. The van der Waals surface area contributed by atoms with Gasteiger partial charge in [-0.3, -0.25) is 4.52 Å². The Hall–Kier alpha value is -1.40. The second kappa shape index (κ2) is 5.66. The van der Waals surface area contributed by atoms with E-state index in [0.717, 1.165) is 0 Å². The summed E-state index contributed by atoms with van der Waals surface area (Å²) < 4.78 is 21.8. The molecule has 12 nitrogen and oxygen atoms in total. The number of aromatic nitrogens is 3. The summed E-state index contributed by atoms with van der Waals surface area (Å²) in [5.41, 5.74) is 0.218. The molecule has 122 valence electrons. The summed E-state index contributed by atoms with van der Waals surface area (Å²) in [5, 5.41) is 29.9. The molecule has 0 aromatic carbocycles. The van der Waals surface area contributed by atoms with Crippen LogP contribution >= 0.6 is 7.82 Å². The van der Waals surface area contributed by atoms with Gasteiger partial charge in [0.25, 0.3) is 0 Å². The van der Waals surface area contributed by atoms with Gasteiger partial charge in [-0.2, -0.15) is 0 Å². The zero-order chi connectivity index (χ0) is 15.9. The SMILES string of the molecule is O=P(O)(O)OC[C@H]1O[C@@H](n2nnc3c2NC=N[C@@H]3O)C[C@@H]1O. The Kier molecular flexibility index (Phi) is 3.99. The van der Waals surface area contributed by atoms with Crippen molar-refractivity contribution < 1.29 is 33.8 Å². The maximum absolute atomic E-state index is 10.7. The highest BCUT2D eigenvalue weighted by molar-refractivity contribution is 7.46. The molecule has 3 rings (SSSR count). The second-order valence-corrected chi connectivity index (χ2v) is 6.02. The predicted molar refractivity (Wildman–Crippen MR) is 69.6 cm³/mol. The van der Waals surface area contributed by atoms with Gasteiger partial charge in [-0.25, -0.2) is 14.2 Å². The average Bonchev–Trinajstić information content (AvgIpc) is 3.00. The maximum atomic E-state index is 10.7. The fraction of sp³-hybridized carbons (Fsp3) is 0.667. The van der Waals surface area contributed by atoms with Gasteiger partial charge in [0.05, 0.1) is 19.0 Å². The summed E-state index contributed by atoms with van der Waals surface area (Å²) in [7, 11) is -4.64. The van der Waals surface area contributed by atoms with Crippen molar-refractivity contribution in [2.24, 2.45) is 4.99 Å². The Morgan fingerprint density at radius 2 is 2.27 bits per heavy atom. The van der Waals surface area contributed by atoms with Gasteiger partial charge in [-0.15, -0.1) is 5.10 Å². The number of hydrogen-bond donors (Lipinski definition) is 5. The number of aliphatic imine (C=N–C) groups is 1. The Morgan fingerprint density at radius 1 is 1.50 bits per heavy atom. The van der Waals surface area contributed by atoms with E-state index >= 15 is 0 Å². The Morgan fingerprint density at radius 3 is 3.00 bits per heavy atom. The zero-order valence-corrected chi connectivity index (χ0v) is 11.9. The van der Waals surface area contributed by atoms with Gasteiger partial charge in [-0.1, -0.05) is 5.21 Å². The first-order valence-corrected chi connectivity index (χ1v) is 7.83. The molecule has 0 radical (unpaired) electrons. The number of hydrogen-bond acceptors (Lipinski definition) is 9. The van der Waals surface area contributed by atoms with Crippen LogP contribution in [0.3, 0.4) is 0 Å². The van der Waals surface area contributed by atoms with Crippen molar-refractivity contribution in [3.8, 4) is 0 Å². The lowest BCUT2D eigenvalue weighted by Crippen LogP contribution is -2.26. The van der Waals surface area contributed by atoms with Crippen LogP contribution in [0, 0.1) is 0 Å². The van der Waals surface area contributed by atoms with Crippen molar-refractivity contribution in [1.29, 1.82) is 0 Å². The molecule has 4 atom stereocenters. The van der Waals surface area contributed by atoms with Crippen LogP contribution in [0.1, 0.15) is 24.6 Å². The lowest BCUT2D eigenvalue weighted by Gasteiger charge is -2.17. The summed E-state index contributed by atoms with van der Waals surface area (Å²) in [6.45, 7) is -0.462. The molecule has 1 saturated heterocycles. The van der Waals surface area contributed by atoms with Crippen LogP contribution in [0.5, 0.6) is 0 Å². The van der Waals surface area contributed by atoms with Gasteiger partial charge >= 0.3 is 7.82 Å². The predicted octanol–water partition coefficient (Wildman–Crippen LogP) is -1.52. The molecule has 0 spiro atoms. The van der Waals surface area contributed by atoms with Gasteiger partial charge in [0.2, 0.25) is 0 Å². The number of phosphoric ester groups is 1. The molecule has 5 N–H and O–H groups in total. The Balaban J connectivity index is 1.72. The van der Waals surface area contributed by atoms with Crippen LogP contribution in [0.25, 0.3) is 0 Å². The van der Waals surface area contributed by atoms with E-state index in [0.29, 0.717) is 5.82 Å². The first-order chi connectivity index (χ1) is 10.3. The molecule has 3 heterocycles. The summed E-state index contributed by atoms with van der Waals surface area (Å²) in [6.07, 6.45) is -2.35. The van der Waals surface area contributed by atoms with Gasteiger partial charge in [0.1, 0.15) is 6.10 Å². The normalized spacial score (nSPS) is 31.1. The summed E-state index contributed by atoms with van der Waals surface area (Å²) >= 11 is 0. The first-order valence-electron chi connectivity index (χ1n) is 6.30. The fourth-order valence-corrected chi connectivity index (χ4v) is 2.59. The maximum Gasteiger partial charge on any atom is 0.469 e. The number of rotatable bonds is 4. The molecule has 0 aliphatic carbocycles. The van der Waals surface area contributed by atoms with Crippen molar-refractivity contribution in [3.63, 3.8) is 0 Å². The molecule has 1 fully saturated rings. The fourth-order valence-electron chi connectivity index (χ4n) is 2.25. The lowest BCUT2D eigenvalue weighted by atomic mass is 10.2.